The standard InChI is InChI=1S/C16H19NO5/c1-10-4-5-17(12(8-10)16(19)20)15(18)11-2-3-13-14(9-11)22-7-6-21-13/h2-3,9-10,12H,4-8H2,1H3,(H,19,20). The van der Waals surface area contributed by atoms with Crippen LogP contribution in [-0.4, -0.2) is 47.7 Å². The van der Waals surface area contributed by atoms with Crippen molar-refractivity contribution in [2.24, 2.45) is 5.92 Å². The minimum atomic E-state index is -0.947. The molecular weight excluding hydrogens is 286 g/mol. The molecule has 3 rings (SSSR count). The number of amides is 1. The van der Waals surface area contributed by atoms with E-state index in [9.17, 15) is 14.7 Å². The highest BCUT2D eigenvalue weighted by atomic mass is 16.6. The molecule has 1 fully saturated rings. The maximum atomic E-state index is 12.7. The van der Waals surface area contributed by atoms with E-state index in [1.807, 2.05) is 6.92 Å². The first kappa shape index (κ1) is 14.7. The van der Waals surface area contributed by atoms with Gasteiger partial charge in [-0.05, 0) is 37.0 Å². The number of carbonyl (C=O) groups is 2. The Morgan fingerprint density at radius 3 is 2.68 bits per heavy atom. The molecule has 1 aromatic carbocycles. The molecular formula is C16H19NO5. The average molecular weight is 305 g/mol. The monoisotopic (exact) mass is 305 g/mol. The van der Waals surface area contributed by atoms with Crippen LogP contribution in [0.4, 0.5) is 0 Å². The normalized spacial score (nSPS) is 24.0. The molecule has 1 saturated heterocycles. The van der Waals surface area contributed by atoms with Crippen molar-refractivity contribution in [3.8, 4) is 11.5 Å². The van der Waals surface area contributed by atoms with Gasteiger partial charge < -0.3 is 19.5 Å². The van der Waals surface area contributed by atoms with Crippen molar-refractivity contribution in [3.05, 3.63) is 23.8 Å². The van der Waals surface area contributed by atoms with Gasteiger partial charge in [-0.3, -0.25) is 4.79 Å². The third-order valence-corrected chi connectivity index (χ3v) is 4.20. The first-order valence-electron chi connectivity index (χ1n) is 7.49. The lowest BCUT2D eigenvalue weighted by Gasteiger charge is -2.36. The molecule has 0 bridgehead atoms. The largest absolute Gasteiger partial charge is 0.486 e. The number of aliphatic carboxylic acids is 1. The van der Waals surface area contributed by atoms with E-state index in [4.69, 9.17) is 9.47 Å². The summed E-state index contributed by atoms with van der Waals surface area (Å²) in [4.78, 5) is 25.6. The summed E-state index contributed by atoms with van der Waals surface area (Å²) in [5, 5.41) is 9.38. The number of carboxylic acids is 1. The summed E-state index contributed by atoms with van der Waals surface area (Å²) in [5.41, 5.74) is 0.435. The van der Waals surface area contributed by atoms with E-state index < -0.39 is 12.0 Å². The van der Waals surface area contributed by atoms with Crippen LogP contribution in [0.2, 0.25) is 0 Å². The van der Waals surface area contributed by atoms with E-state index in [0.717, 1.165) is 6.42 Å². The number of nitrogens with zero attached hydrogens (tertiary/aromatic N) is 1. The van der Waals surface area contributed by atoms with Crippen LogP contribution in [0.15, 0.2) is 18.2 Å². The molecule has 1 amide bonds. The molecule has 2 atom stereocenters. The van der Waals surface area contributed by atoms with Crippen LogP contribution in [0.5, 0.6) is 11.5 Å². The summed E-state index contributed by atoms with van der Waals surface area (Å²) >= 11 is 0. The number of carboxylic acid groups (broad SMARTS) is 1. The zero-order valence-electron chi connectivity index (χ0n) is 12.4. The predicted octanol–water partition coefficient (Wildman–Crippen LogP) is 1.78. The van der Waals surface area contributed by atoms with Crippen LogP contribution in [0.1, 0.15) is 30.1 Å². The van der Waals surface area contributed by atoms with Gasteiger partial charge in [-0.2, -0.15) is 0 Å². The molecule has 0 radical (unpaired) electrons. The van der Waals surface area contributed by atoms with E-state index in [0.29, 0.717) is 49.2 Å². The summed E-state index contributed by atoms with van der Waals surface area (Å²) in [6.45, 7) is 3.42. The van der Waals surface area contributed by atoms with Gasteiger partial charge >= 0.3 is 5.97 Å². The van der Waals surface area contributed by atoms with Gasteiger partial charge in [0.2, 0.25) is 0 Å². The lowest BCUT2D eigenvalue weighted by atomic mass is 9.92. The van der Waals surface area contributed by atoms with Crippen molar-refractivity contribution in [1.29, 1.82) is 0 Å². The van der Waals surface area contributed by atoms with Gasteiger partial charge in [0.1, 0.15) is 19.3 Å². The molecule has 1 N–H and O–H groups in total. The third-order valence-electron chi connectivity index (χ3n) is 4.20. The average Bonchev–Trinajstić information content (AvgIpc) is 2.53. The summed E-state index contributed by atoms with van der Waals surface area (Å²) in [6.07, 6.45) is 1.31. The Morgan fingerprint density at radius 2 is 1.95 bits per heavy atom. The number of rotatable bonds is 2. The van der Waals surface area contributed by atoms with Crippen LogP contribution in [0, 0.1) is 5.92 Å². The van der Waals surface area contributed by atoms with Crippen molar-refractivity contribution in [2.75, 3.05) is 19.8 Å². The fourth-order valence-corrected chi connectivity index (χ4v) is 2.96. The molecule has 118 valence electrons. The fourth-order valence-electron chi connectivity index (χ4n) is 2.96. The van der Waals surface area contributed by atoms with Crippen LogP contribution >= 0.6 is 0 Å². The van der Waals surface area contributed by atoms with Crippen molar-refractivity contribution < 1.29 is 24.2 Å². The highest BCUT2D eigenvalue weighted by Crippen LogP contribution is 2.32. The van der Waals surface area contributed by atoms with Gasteiger partial charge in [0.05, 0.1) is 0 Å². The third kappa shape index (κ3) is 2.73. The van der Waals surface area contributed by atoms with Gasteiger partial charge in [-0.1, -0.05) is 6.92 Å². The Kier molecular flexibility index (Phi) is 3.92. The lowest BCUT2D eigenvalue weighted by molar-refractivity contribution is -0.144. The predicted molar refractivity (Wildman–Crippen MR) is 78.3 cm³/mol. The first-order chi connectivity index (χ1) is 10.6. The van der Waals surface area contributed by atoms with Crippen LogP contribution in [0.3, 0.4) is 0 Å². The van der Waals surface area contributed by atoms with E-state index in [1.165, 1.54) is 4.90 Å². The van der Waals surface area contributed by atoms with Crippen molar-refractivity contribution >= 4 is 11.9 Å². The zero-order chi connectivity index (χ0) is 15.7. The molecule has 22 heavy (non-hydrogen) atoms. The van der Waals surface area contributed by atoms with Gasteiger partial charge in [0, 0.05) is 12.1 Å². The summed E-state index contributed by atoms with van der Waals surface area (Å²) in [6, 6.07) is 4.23. The van der Waals surface area contributed by atoms with E-state index >= 15 is 0 Å². The Morgan fingerprint density at radius 1 is 1.23 bits per heavy atom. The summed E-state index contributed by atoms with van der Waals surface area (Å²) in [7, 11) is 0. The lowest BCUT2D eigenvalue weighted by Crippen LogP contribution is -2.49. The second-order valence-electron chi connectivity index (χ2n) is 5.84. The Bertz CT molecular complexity index is 600. The number of benzene rings is 1. The molecule has 0 aromatic heterocycles. The SMILES string of the molecule is CC1CCN(C(=O)c2ccc3c(c2)OCCO3)C(C(=O)O)C1. The molecule has 6 nitrogen and oxygen atoms in total. The number of likely N-dealkylation sites (tertiary alicyclic amines) is 1. The molecule has 0 aliphatic carbocycles. The molecule has 2 heterocycles. The topological polar surface area (TPSA) is 76.1 Å². The fraction of sp³-hybridized carbons (Fsp3) is 0.500. The maximum Gasteiger partial charge on any atom is 0.326 e. The number of hydrogen-bond acceptors (Lipinski definition) is 4. The number of fused-ring (bicyclic) bond motifs is 1. The molecule has 0 saturated carbocycles. The molecule has 6 heteroatoms. The van der Waals surface area contributed by atoms with E-state index in [-0.39, 0.29) is 5.91 Å². The van der Waals surface area contributed by atoms with Gasteiger partial charge in [0.15, 0.2) is 11.5 Å². The Balaban J connectivity index is 1.84. The van der Waals surface area contributed by atoms with Crippen molar-refractivity contribution in [1.82, 2.24) is 4.90 Å². The number of ether oxygens (including phenoxy) is 2. The van der Waals surface area contributed by atoms with E-state index in [2.05, 4.69) is 0 Å². The van der Waals surface area contributed by atoms with Crippen LogP contribution in [0.25, 0.3) is 0 Å². The Hall–Kier alpha value is -2.24. The maximum absolute atomic E-state index is 12.7. The van der Waals surface area contributed by atoms with Gasteiger partial charge in [-0.15, -0.1) is 0 Å². The van der Waals surface area contributed by atoms with Crippen LogP contribution < -0.4 is 9.47 Å². The zero-order valence-corrected chi connectivity index (χ0v) is 12.4. The van der Waals surface area contributed by atoms with Crippen LogP contribution in [-0.2, 0) is 4.79 Å². The minimum Gasteiger partial charge on any atom is -0.486 e. The molecule has 2 aliphatic heterocycles. The smallest absolute Gasteiger partial charge is 0.326 e. The van der Waals surface area contributed by atoms with Crippen molar-refractivity contribution in [3.63, 3.8) is 0 Å². The molecule has 0 spiro atoms. The molecule has 1 aromatic rings. The highest BCUT2D eigenvalue weighted by molar-refractivity contribution is 5.97. The highest BCUT2D eigenvalue weighted by Gasteiger charge is 2.35. The number of hydrogen-bond donors (Lipinski definition) is 1. The second kappa shape index (κ2) is 5.87. The minimum absolute atomic E-state index is 0.267. The number of piperidine rings is 1. The van der Waals surface area contributed by atoms with Gasteiger partial charge in [0.25, 0.3) is 5.91 Å². The Labute approximate surface area is 128 Å². The summed E-state index contributed by atoms with van der Waals surface area (Å²) in [5.74, 6) is 0.248. The summed E-state index contributed by atoms with van der Waals surface area (Å²) < 4.78 is 10.9. The quantitative estimate of drug-likeness (QED) is 0.901. The second-order valence-corrected chi connectivity index (χ2v) is 5.84. The molecule has 2 unspecified atom stereocenters. The molecule has 2 aliphatic rings. The van der Waals surface area contributed by atoms with E-state index in [1.54, 1.807) is 18.2 Å². The number of carbonyl (C=O) groups excluding carboxylic acids is 1. The van der Waals surface area contributed by atoms with Gasteiger partial charge in [-0.25, -0.2) is 4.79 Å². The van der Waals surface area contributed by atoms with Crippen molar-refractivity contribution in [2.45, 2.75) is 25.8 Å². The first-order valence-corrected chi connectivity index (χ1v) is 7.49.